The summed E-state index contributed by atoms with van der Waals surface area (Å²) in [4.78, 5) is 12.9. The molecule has 146 valence electrons. The van der Waals surface area contributed by atoms with Gasteiger partial charge in [0, 0.05) is 10.0 Å². The Morgan fingerprint density at radius 2 is 1.74 bits per heavy atom. The van der Waals surface area contributed by atoms with E-state index in [9.17, 15) is 13.2 Å². The normalized spacial score (nSPS) is 12.3. The Bertz CT molecular complexity index is 917. The van der Waals surface area contributed by atoms with Gasteiger partial charge in [0.05, 0.1) is 24.7 Å². The molecule has 0 bridgehead atoms. The SMILES string of the molecule is CCC(C(=O)Nc1cc(Cl)ccc1OC)N(c1ccc(Cl)cc1)S(C)(=O)=O. The first-order valence-electron chi connectivity index (χ1n) is 8.06. The van der Waals surface area contributed by atoms with Gasteiger partial charge >= 0.3 is 0 Å². The van der Waals surface area contributed by atoms with Gasteiger partial charge in [-0.05, 0) is 48.9 Å². The van der Waals surface area contributed by atoms with Crippen LogP contribution in [0.4, 0.5) is 11.4 Å². The van der Waals surface area contributed by atoms with Crippen molar-refractivity contribution in [2.45, 2.75) is 19.4 Å². The number of hydrogen-bond acceptors (Lipinski definition) is 4. The number of carbonyl (C=O) groups excluding carboxylic acids is 1. The van der Waals surface area contributed by atoms with Crippen LogP contribution in [0.2, 0.25) is 10.0 Å². The average molecular weight is 431 g/mol. The van der Waals surface area contributed by atoms with Gasteiger partial charge in [0.15, 0.2) is 0 Å². The third kappa shape index (κ3) is 5.28. The van der Waals surface area contributed by atoms with E-state index in [4.69, 9.17) is 27.9 Å². The van der Waals surface area contributed by atoms with Crippen LogP contribution in [0.3, 0.4) is 0 Å². The zero-order valence-corrected chi connectivity index (χ0v) is 17.4. The first kappa shape index (κ1) is 21.3. The van der Waals surface area contributed by atoms with Gasteiger partial charge in [0.2, 0.25) is 15.9 Å². The molecule has 0 fully saturated rings. The molecule has 2 aromatic rings. The smallest absolute Gasteiger partial charge is 0.248 e. The van der Waals surface area contributed by atoms with Gasteiger partial charge in [0.25, 0.3) is 0 Å². The number of amides is 1. The highest BCUT2D eigenvalue weighted by Gasteiger charge is 2.32. The quantitative estimate of drug-likeness (QED) is 0.714. The topological polar surface area (TPSA) is 75.7 Å². The summed E-state index contributed by atoms with van der Waals surface area (Å²) in [6.45, 7) is 1.73. The third-order valence-corrected chi connectivity index (χ3v) is 5.50. The summed E-state index contributed by atoms with van der Waals surface area (Å²) in [5.41, 5.74) is 0.708. The van der Waals surface area contributed by atoms with Gasteiger partial charge in [0.1, 0.15) is 11.8 Å². The number of hydrogen-bond donors (Lipinski definition) is 1. The highest BCUT2D eigenvalue weighted by atomic mass is 35.5. The number of sulfonamides is 1. The Morgan fingerprint density at radius 1 is 1.15 bits per heavy atom. The van der Waals surface area contributed by atoms with Crippen molar-refractivity contribution in [2.24, 2.45) is 0 Å². The van der Waals surface area contributed by atoms with E-state index in [1.165, 1.54) is 13.2 Å². The second kappa shape index (κ2) is 8.82. The van der Waals surface area contributed by atoms with Crippen molar-refractivity contribution in [1.29, 1.82) is 0 Å². The first-order chi connectivity index (χ1) is 12.7. The minimum atomic E-state index is -3.73. The summed E-state index contributed by atoms with van der Waals surface area (Å²) in [7, 11) is -2.27. The van der Waals surface area contributed by atoms with E-state index in [1.54, 1.807) is 43.3 Å². The molecule has 1 N–H and O–H groups in total. The van der Waals surface area contributed by atoms with E-state index in [2.05, 4.69) is 5.32 Å². The molecule has 0 spiro atoms. The molecule has 1 unspecified atom stereocenters. The Balaban J connectivity index is 2.41. The predicted molar refractivity (Wildman–Crippen MR) is 109 cm³/mol. The van der Waals surface area contributed by atoms with Crippen LogP contribution >= 0.6 is 23.2 Å². The minimum Gasteiger partial charge on any atom is -0.495 e. The third-order valence-electron chi connectivity index (χ3n) is 3.83. The van der Waals surface area contributed by atoms with Gasteiger partial charge in [-0.25, -0.2) is 8.42 Å². The van der Waals surface area contributed by atoms with E-state index < -0.39 is 22.0 Å². The molecule has 0 heterocycles. The average Bonchev–Trinajstić information content (AvgIpc) is 2.59. The first-order valence-corrected chi connectivity index (χ1v) is 10.7. The second-order valence-corrected chi connectivity index (χ2v) is 8.53. The lowest BCUT2D eigenvalue weighted by molar-refractivity contribution is -0.117. The zero-order chi connectivity index (χ0) is 20.2. The van der Waals surface area contributed by atoms with Crippen molar-refractivity contribution in [2.75, 3.05) is 23.0 Å². The maximum atomic E-state index is 12.9. The van der Waals surface area contributed by atoms with E-state index in [1.807, 2.05) is 0 Å². The maximum absolute atomic E-state index is 12.9. The van der Waals surface area contributed by atoms with Crippen LogP contribution in [0, 0.1) is 0 Å². The molecular formula is C18H20Cl2N2O4S. The molecule has 0 saturated heterocycles. The number of methoxy groups -OCH3 is 1. The zero-order valence-electron chi connectivity index (χ0n) is 15.1. The lowest BCUT2D eigenvalue weighted by atomic mass is 10.1. The van der Waals surface area contributed by atoms with Gasteiger partial charge in [-0.1, -0.05) is 30.1 Å². The Labute approximate surface area is 169 Å². The number of carbonyl (C=O) groups is 1. The highest BCUT2D eigenvalue weighted by molar-refractivity contribution is 7.92. The maximum Gasteiger partial charge on any atom is 0.248 e. The van der Waals surface area contributed by atoms with Crippen molar-refractivity contribution >= 4 is 50.5 Å². The van der Waals surface area contributed by atoms with Gasteiger partial charge < -0.3 is 10.1 Å². The number of ether oxygens (including phenoxy) is 1. The number of nitrogens with one attached hydrogen (secondary N) is 1. The van der Waals surface area contributed by atoms with E-state index in [0.29, 0.717) is 27.2 Å². The number of nitrogens with zero attached hydrogens (tertiary/aromatic N) is 1. The molecule has 0 aliphatic rings. The summed E-state index contributed by atoms with van der Waals surface area (Å²) in [6.07, 6.45) is 1.31. The standard InChI is InChI=1S/C18H20Cl2N2O4S/c1-4-16(18(23)21-15-11-13(20)7-10-17(15)26-2)22(27(3,24)25)14-8-5-12(19)6-9-14/h5-11,16H,4H2,1-3H3,(H,21,23). The van der Waals surface area contributed by atoms with Crippen LogP contribution in [0.5, 0.6) is 5.75 Å². The molecule has 27 heavy (non-hydrogen) atoms. The van der Waals surface area contributed by atoms with E-state index in [0.717, 1.165) is 10.6 Å². The predicted octanol–water partition coefficient (Wildman–Crippen LogP) is 4.19. The lowest BCUT2D eigenvalue weighted by Gasteiger charge is -2.30. The van der Waals surface area contributed by atoms with Crippen molar-refractivity contribution in [1.82, 2.24) is 0 Å². The van der Waals surface area contributed by atoms with Gasteiger partial charge in [-0.15, -0.1) is 0 Å². The second-order valence-electron chi connectivity index (χ2n) is 5.79. The summed E-state index contributed by atoms with van der Waals surface area (Å²) in [5, 5.41) is 3.59. The molecule has 0 aliphatic carbocycles. The largest absolute Gasteiger partial charge is 0.495 e. The Morgan fingerprint density at radius 3 is 2.26 bits per heavy atom. The fourth-order valence-corrected chi connectivity index (χ4v) is 4.15. The number of benzene rings is 2. The summed E-state index contributed by atoms with van der Waals surface area (Å²) < 4.78 is 31.1. The van der Waals surface area contributed by atoms with Crippen molar-refractivity contribution in [3.05, 3.63) is 52.5 Å². The monoisotopic (exact) mass is 430 g/mol. The molecular weight excluding hydrogens is 411 g/mol. The summed E-state index contributed by atoms with van der Waals surface area (Å²) >= 11 is 11.9. The van der Waals surface area contributed by atoms with Crippen molar-refractivity contribution in [3.8, 4) is 5.75 Å². The number of anilines is 2. The van der Waals surface area contributed by atoms with Crippen LogP contribution in [0.15, 0.2) is 42.5 Å². The molecule has 2 aromatic carbocycles. The fraction of sp³-hybridized carbons (Fsp3) is 0.278. The van der Waals surface area contributed by atoms with Crippen LogP contribution in [0.25, 0.3) is 0 Å². The van der Waals surface area contributed by atoms with E-state index in [-0.39, 0.29) is 6.42 Å². The van der Waals surface area contributed by atoms with Crippen molar-refractivity contribution in [3.63, 3.8) is 0 Å². The molecule has 1 atom stereocenters. The molecule has 0 radical (unpaired) electrons. The Hall–Kier alpha value is -1.96. The Kier molecular flexibility index (Phi) is 6.97. The highest BCUT2D eigenvalue weighted by Crippen LogP contribution is 2.29. The molecule has 1 amide bonds. The van der Waals surface area contributed by atoms with Crippen LogP contribution in [0.1, 0.15) is 13.3 Å². The molecule has 0 saturated carbocycles. The molecule has 0 aliphatic heterocycles. The molecule has 2 rings (SSSR count). The van der Waals surface area contributed by atoms with Crippen LogP contribution < -0.4 is 14.4 Å². The minimum absolute atomic E-state index is 0.254. The number of rotatable bonds is 7. The number of halogens is 2. The van der Waals surface area contributed by atoms with Gasteiger partial charge in [-0.3, -0.25) is 9.10 Å². The fourth-order valence-electron chi connectivity index (χ4n) is 2.64. The van der Waals surface area contributed by atoms with Crippen molar-refractivity contribution < 1.29 is 17.9 Å². The van der Waals surface area contributed by atoms with Crippen LogP contribution in [-0.2, 0) is 14.8 Å². The molecule has 6 nitrogen and oxygen atoms in total. The lowest BCUT2D eigenvalue weighted by Crippen LogP contribution is -2.47. The molecule has 0 aromatic heterocycles. The summed E-state index contributed by atoms with van der Waals surface area (Å²) in [6, 6.07) is 10.1. The van der Waals surface area contributed by atoms with Crippen LogP contribution in [-0.4, -0.2) is 33.7 Å². The summed E-state index contributed by atoms with van der Waals surface area (Å²) in [5.74, 6) is -0.0848. The van der Waals surface area contributed by atoms with Gasteiger partial charge in [-0.2, -0.15) is 0 Å². The van der Waals surface area contributed by atoms with E-state index >= 15 is 0 Å². The molecule has 9 heteroatoms.